The molecule has 1 aliphatic heterocycles. The molecule has 2 aliphatic rings. The average Bonchev–Trinajstić information content (AvgIpc) is 3.44. The van der Waals surface area contributed by atoms with Crippen LogP contribution in [0.1, 0.15) is 47.8 Å². The average molecular weight is 436 g/mol. The minimum Gasteiger partial charge on any atom is -0.335 e. The van der Waals surface area contributed by atoms with Crippen LogP contribution in [0.5, 0.6) is 0 Å². The summed E-state index contributed by atoms with van der Waals surface area (Å²) in [5, 5.41) is 12.5. The second-order valence-electron chi connectivity index (χ2n) is 8.45. The highest BCUT2D eigenvalue weighted by Gasteiger charge is 2.34. The fraction of sp³-hybridized carbons (Fsp3) is 0.375. The predicted molar refractivity (Wildman–Crippen MR) is 120 cm³/mol. The molecule has 2 heterocycles. The summed E-state index contributed by atoms with van der Waals surface area (Å²) < 4.78 is 2.04. The van der Waals surface area contributed by atoms with Crippen molar-refractivity contribution in [1.82, 2.24) is 25.0 Å². The first kappa shape index (κ1) is 20.1. The van der Waals surface area contributed by atoms with Crippen molar-refractivity contribution in [2.75, 3.05) is 6.54 Å². The van der Waals surface area contributed by atoms with Gasteiger partial charge in [0.1, 0.15) is 6.33 Å². The molecule has 0 spiro atoms. The Balaban J connectivity index is 1.28. The Morgan fingerprint density at radius 2 is 1.90 bits per heavy atom. The number of hydrogen-bond donors (Lipinski definition) is 1. The van der Waals surface area contributed by atoms with Crippen LogP contribution in [0.15, 0.2) is 54.9 Å². The number of carbonyl (C=O) groups excluding carboxylic acids is 1. The summed E-state index contributed by atoms with van der Waals surface area (Å²) in [7, 11) is 0. The summed E-state index contributed by atoms with van der Waals surface area (Å²) in [4.78, 5) is 15.1. The van der Waals surface area contributed by atoms with Crippen molar-refractivity contribution >= 4 is 17.6 Å². The maximum atomic E-state index is 13.2. The van der Waals surface area contributed by atoms with E-state index in [1.165, 1.54) is 11.1 Å². The van der Waals surface area contributed by atoms with Crippen LogP contribution in [0.3, 0.4) is 0 Å². The van der Waals surface area contributed by atoms with Gasteiger partial charge in [-0.3, -0.25) is 0 Å². The van der Waals surface area contributed by atoms with Crippen LogP contribution in [0.25, 0.3) is 0 Å². The largest absolute Gasteiger partial charge is 0.335 e. The molecule has 2 aromatic carbocycles. The van der Waals surface area contributed by atoms with Crippen molar-refractivity contribution in [3.63, 3.8) is 0 Å². The van der Waals surface area contributed by atoms with E-state index in [0.717, 1.165) is 55.1 Å². The Morgan fingerprint density at radius 1 is 1.10 bits per heavy atom. The summed E-state index contributed by atoms with van der Waals surface area (Å²) in [5.74, 6) is 0.844. The van der Waals surface area contributed by atoms with Crippen LogP contribution >= 0.6 is 11.6 Å². The maximum absolute atomic E-state index is 13.2. The van der Waals surface area contributed by atoms with E-state index in [4.69, 9.17) is 11.6 Å². The zero-order valence-electron chi connectivity index (χ0n) is 17.4. The highest BCUT2D eigenvalue weighted by atomic mass is 35.5. The van der Waals surface area contributed by atoms with Crippen LogP contribution in [0, 0.1) is 0 Å². The highest BCUT2D eigenvalue weighted by Crippen LogP contribution is 2.31. The normalized spacial score (nSPS) is 20.5. The van der Waals surface area contributed by atoms with Gasteiger partial charge in [0.25, 0.3) is 0 Å². The quantitative estimate of drug-likeness (QED) is 0.661. The van der Waals surface area contributed by atoms with Gasteiger partial charge in [-0.15, -0.1) is 10.2 Å². The fourth-order valence-electron chi connectivity index (χ4n) is 4.79. The van der Waals surface area contributed by atoms with E-state index in [2.05, 4.69) is 39.8 Å². The van der Waals surface area contributed by atoms with Gasteiger partial charge in [0.15, 0.2) is 5.82 Å². The van der Waals surface area contributed by atoms with Crippen LogP contribution in [0.4, 0.5) is 4.79 Å². The van der Waals surface area contributed by atoms with Gasteiger partial charge in [0, 0.05) is 17.6 Å². The molecule has 7 heteroatoms. The number of fused-ring (bicyclic) bond motifs is 1. The van der Waals surface area contributed by atoms with Gasteiger partial charge in [0.05, 0.1) is 12.6 Å². The van der Waals surface area contributed by atoms with Crippen molar-refractivity contribution in [3.8, 4) is 0 Å². The topological polar surface area (TPSA) is 63.1 Å². The molecule has 1 aromatic heterocycles. The molecule has 0 radical (unpaired) electrons. The molecule has 0 bridgehead atoms. The standard InChI is InChI=1S/C24H26ClN5O/c25-20-10-7-17(8-11-20)15-29-16-26-28-23(29)22-6-3-13-30(22)24(31)27-21-12-9-18-4-1-2-5-19(18)14-21/h1-2,4-5,7-8,10-11,16,21-22H,3,6,9,12-15H2,(H,27,31)/t21-,22+/m0/s1. The molecule has 1 fully saturated rings. The number of benzene rings is 2. The minimum absolute atomic E-state index is 0.00734. The second-order valence-corrected chi connectivity index (χ2v) is 8.89. The Hall–Kier alpha value is -2.86. The molecule has 0 saturated carbocycles. The number of aryl methyl sites for hydroxylation is 1. The molecule has 0 unspecified atom stereocenters. The number of nitrogens with one attached hydrogen (secondary N) is 1. The van der Waals surface area contributed by atoms with Gasteiger partial charge in [-0.2, -0.15) is 0 Å². The highest BCUT2D eigenvalue weighted by molar-refractivity contribution is 6.30. The smallest absolute Gasteiger partial charge is 0.318 e. The molecule has 3 aromatic rings. The molecule has 1 aliphatic carbocycles. The summed E-state index contributed by atoms with van der Waals surface area (Å²) >= 11 is 6.01. The Bertz CT molecular complexity index is 1060. The SMILES string of the molecule is O=C(N[C@H]1CCc2ccccc2C1)N1CCC[C@@H]1c1nncn1Cc1ccc(Cl)cc1. The number of hydrogen-bond acceptors (Lipinski definition) is 3. The minimum atomic E-state index is -0.0503. The second kappa shape index (κ2) is 8.71. The van der Waals surface area contributed by atoms with E-state index < -0.39 is 0 Å². The number of rotatable bonds is 4. The summed E-state index contributed by atoms with van der Waals surface area (Å²) in [6.07, 6.45) is 6.51. The molecule has 1 N–H and O–H groups in total. The van der Waals surface area contributed by atoms with Gasteiger partial charge in [-0.05, 0) is 60.9 Å². The fourth-order valence-corrected chi connectivity index (χ4v) is 4.91. The Labute approximate surface area is 187 Å². The van der Waals surface area contributed by atoms with E-state index in [1.54, 1.807) is 6.33 Å². The van der Waals surface area contributed by atoms with Crippen molar-refractivity contribution in [3.05, 3.63) is 82.4 Å². The van der Waals surface area contributed by atoms with E-state index in [1.807, 2.05) is 33.7 Å². The maximum Gasteiger partial charge on any atom is 0.318 e. The van der Waals surface area contributed by atoms with Crippen molar-refractivity contribution < 1.29 is 4.79 Å². The van der Waals surface area contributed by atoms with Crippen molar-refractivity contribution in [2.45, 2.75) is 50.7 Å². The lowest BCUT2D eigenvalue weighted by Gasteiger charge is -2.30. The number of urea groups is 1. The number of aromatic nitrogens is 3. The summed E-state index contributed by atoms with van der Waals surface area (Å²) in [6, 6.07) is 16.5. The molecular weight excluding hydrogens is 410 g/mol. The van der Waals surface area contributed by atoms with Crippen LogP contribution in [0.2, 0.25) is 5.02 Å². The van der Waals surface area contributed by atoms with Gasteiger partial charge >= 0.3 is 6.03 Å². The third-order valence-electron chi connectivity index (χ3n) is 6.40. The Kier molecular flexibility index (Phi) is 5.64. The summed E-state index contributed by atoms with van der Waals surface area (Å²) in [6.45, 7) is 1.40. The lowest BCUT2D eigenvalue weighted by atomic mass is 9.88. The first-order chi connectivity index (χ1) is 15.2. The van der Waals surface area contributed by atoms with Gasteiger partial charge in [0.2, 0.25) is 0 Å². The van der Waals surface area contributed by atoms with Crippen molar-refractivity contribution in [2.24, 2.45) is 0 Å². The third-order valence-corrected chi connectivity index (χ3v) is 6.65. The van der Waals surface area contributed by atoms with Crippen LogP contribution in [-0.4, -0.2) is 38.3 Å². The van der Waals surface area contributed by atoms with Gasteiger partial charge < -0.3 is 14.8 Å². The van der Waals surface area contributed by atoms with E-state index in [0.29, 0.717) is 6.54 Å². The molecule has 1 saturated heterocycles. The number of halogens is 1. The van der Waals surface area contributed by atoms with Gasteiger partial charge in [-0.25, -0.2) is 4.79 Å². The Morgan fingerprint density at radius 3 is 2.74 bits per heavy atom. The number of amides is 2. The zero-order chi connectivity index (χ0) is 21.2. The molecule has 2 atom stereocenters. The van der Waals surface area contributed by atoms with E-state index in [9.17, 15) is 4.79 Å². The molecule has 5 rings (SSSR count). The number of likely N-dealkylation sites (tertiary alicyclic amines) is 1. The zero-order valence-corrected chi connectivity index (χ0v) is 18.1. The van der Waals surface area contributed by atoms with Gasteiger partial charge in [-0.1, -0.05) is 48.0 Å². The molecule has 31 heavy (non-hydrogen) atoms. The third kappa shape index (κ3) is 4.30. The van der Waals surface area contributed by atoms with E-state index >= 15 is 0 Å². The number of nitrogens with zero attached hydrogens (tertiary/aromatic N) is 4. The summed E-state index contributed by atoms with van der Waals surface area (Å²) in [5.41, 5.74) is 3.88. The number of carbonyl (C=O) groups is 1. The molecule has 6 nitrogen and oxygen atoms in total. The lowest BCUT2D eigenvalue weighted by molar-refractivity contribution is 0.184. The molecule has 2 amide bonds. The molecule has 160 valence electrons. The first-order valence-electron chi connectivity index (χ1n) is 10.9. The van der Waals surface area contributed by atoms with Crippen LogP contribution in [-0.2, 0) is 19.4 Å². The lowest BCUT2D eigenvalue weighted by Crippen LogP contribution is -2.46. The van der Waals surface area contributed by atoms with Crippen LogP contribution < -0.4 is 5.32 Å². The van der Waals surface area contributed by atoms with E-state index in [-0.39, 0.29) is 18.1 Å². The first-order valence-corrected chi connectivity index (χ1v) is 11.3. The molecular formula is C24H26ClN5O. The monoisotopic (exact) mass is 435 g/mol. The van der Waals surface area contributed by atoms with Crippen molar-refractivity contribution in [1.29, 1.82) is 0 Å². The predicted octanol–water partition coefficient (Wildman–Crippen LogP) is 4.38.